The lowest BCUT2D eigenvalue weighted by Gasteiger charge is -2.16. The molecule has 1 aliphatic heterocycles. The van der Waals surface area contributed by atoms with Crippen molar-refractivity contribution in [1.29, 1.82) is 0 Å². The van der Waals surface area contributed by atoms with Gasteiger partial charge in [-0.05, 0) is 24.0 Å². The Morgan fingerprint density at radius 2 is 2.10 bits per heavy atom. The van der Waals surface area contributed by atoms with Gasteiger partial charge in [0, 0.05) is 15.3 Å². The summed E-state index contributed by atoms with van der Waals surface area (Å²) in [5.41, 5.74) is 0.692. The number of carbonyl (C=O) groups is 2. The normalized spacial score (nSPS) is 20.2. The maximum absolute atomic E-state index is 12.3. The quantitative estimate of drug-likeness (QED) is 0.861. The van der Waals surface area contributed by atoms with Gasteiger partial charge in [-0.25, -0.2) is 4.79 Å². The van der Waals surface area contributed by atoms with Gasteiger partial charge in [0.05, 0.1) is 6.54 Å². The average molecular weight is 333 g/mol. The number of halogens is 2. The van der Waals surface area contributed by atoms with Crippen LogP contribution in [0.25, 0.3) is 0 Å². The van der Waals surface area contributed by atoms with Crippen LogP contribution < -0.4 is 5.32 Å². The molecule has 1 aliphatic rings. The molecule has 1 aromatic carbocycles. The number of nitrogens with zero attached hydrogens (tertiary/aromatic N) is 1. The number of urea groups is 1. The van der Waals surface area contributed by atoms with Crippen molar-refractivity contribution in [2.24, 2.45) is 0 Å². The Balaban J connectivity index is 2.17. The Morgan fingerprint density at radius 3 is 2.70 bits per heavy atom. The molecule has 2 atom stereocenters. The zero-order chi connectivity index (χ0) is 14.9. The van der Waals surface area contributed by atoms with Crippen molar-refractivity contribution in [1.82, 2.24) is 10.2 Å². The highest BCUT2D eigenvalue weighted by molar-refractivity contribution is 7.99. The molecule has 1 saturated heterocycles. The lowest BCUT2D eigenvalue weighted by molar-refractivity contribution is -0.127. The van der Waals surface area contributed by atoms with E-state index in [2.05, 4.69) is 5.32 Å². The van der Waals surface area contributed by atoms with Crippen molar-refractivity contribution >= 4 is 46.9 Å². The number of rotatable bonds is 4. The van der Waals surface area contributed by atoms with E-state index in [0.717, 1.165) is 0 Å². The lowest BCUT2D eigenvalue weighted by Crippen LogP contribution is -2.37. The van der Waals surface area contributed by atoms with Gasteiger partial charge in [-0.15, -0.1) is 0 Å². The van der Waals surface area contributed by atoms with Gasteiger partial charge >= 0.3 is 6.03 Å². The molecule has 3 amide bonds. The molecule has 20 heavy (non-hydrogen) atoms. The van der Waals surface area contributed by atoms with E-state index < -0.39 is 6.04 Å². The number of carbonyl (C=O) groups excluding carboxylic acids is 2. The second kappa shape index (κ2) is 6.24. The number of thioether (sulfide) groups is 1. The summed E-state index contributed by atoms with van der Waals surface area (Å²) in [4.78, 5) is 25.4. The maximum atomic E-state index is 12.3. The molecule has 0 aromatic heterocycles. The highest BCUT2D eigenvalue weighted by Gasteiger charge is 2.40. The molecular formula is C13H14Cl2N2O2S. The molecule has 2 rings (SSSR count). The Bertz CT molecular complexity index is 553. The van der Waals surface area contributed by atoms with Crippen molar-refractivity contribution in [3.05, 3.63) is 33.8 Å². The monoisotopic (exact) mass is 332 g/mol. The minimum absolute atomic E-state index is 0.0251. The van der Waals surface area contributed by atoms with Crippen LogP contribution in [0.4, 0.5) is 4.79 Å². The minimum Gasteiger partial charge on any atom is -0.325 e. The van der Waals surface area contributed by atoms with Crippen molar-refractivity contribution in [2.75, 3.05) is 6.26 Å². The van der Waals surface area contributed by atoms with Crippen molar-refractivity contribution in [2.45, 2.75) is 24.8 Å². The van der Waals surface area contributed by atoms with E-state index in [-0.39, 0.29) is 23.7 Å². The second-order valence-corrected chi connectivity index (χ2v) is 6.59. The third-order valence-electron chi connectivity index (χ3n) is 3.24. The predicted molar refractivity (Wildman–Crippen MR) is 82.3 cm³/mol. The molecule has 2 unspecified atom stereocenters. The van der Waals surface area contributed by atoms with Crippen LogP contribution in [0, 0.1) is 0 Å². The molecule has 1 fully saturated rings. The summed E-state index contributed by atoms with van der Waals surface area (Å²) in [6.07, 6.45) is 1.91. The fraction of sp³-hybridized carbons (Fsp3) is 0.385. The topological polar surface area (TPSA) is 49.4 Å². The molecule has 7 heteroatoms. The highest BCUT2D eigenvalue weighted by atomic mass is 35.5. The van der Waals surface area contributed by atoms with E-state index in [0.29, 0.717) is 15.6 Å². The molecular weight excluding hydrogens is 319 g/mol. The van der Waals surface area contributed by atoms with Gasteiger partial charge in [0.15, 0.2) is 0 Å². The summed E-state index contributed by atoms with van der Waals surface area (Å²) in [6.45, 7) is 2.06. The first-order valence-corrected chi connectivity index (χ1v) is 8.07. The van der Waals surface area contributed by atoms with Gasteiger partial charge < -0.3 is 5.32 Å². The first kappa shape index (κ1) is 15.5. The fourth-order valence-electron chi connectivity index (χ4n) is 1.96. The Hall–Kier alpha value is -0.910. The third kappa shape index (κ3) is 3.05. The van der Waals surface area contributed by atoms with Gasteiger partial charge in [0.1, 0.15) is 6.04 Å². The zero-order valence-electron chi connectivity index (χ0n) is 11.0. The summed E-state index contributed by atoms with van der Waals surface area (Å²) >= 11 is 13.4. The van der Waals surface area contributed by atoms with Crippen LogP contribution in [0.2, 0.25) is 10.0 Å². The van der Waals surface area contributed by atoms with Gasteiger partial charge in [-0.2, -0.15) is 11.8 Å². The van der Waals surface area contributed by atoms with Crippen LogP contribution >= 0.6 is 35.0 Å². The molecule has 1 N–H and O–H groups in total. The zero-order valence-corrected chi connectivity index (χ0v) is 13.4. The van der Waals surface area contributed by atoms with Crippen LogP contribution in [-0.4, -0.2) is 34.4 Å². The molecule has 1 heterocycles. The summed E-state index contributed by atoms with van der Waals surface area (Å²) in [5.74, 6) is -0.220. The van der Waals surface area contributed by atoms with Crippen LogP contribution in [0.5, 0.6) is 0 Å². The largest absolute Gasteiger partial charge is 0.325 e. The molecule has 0 aliphatic carbocycles. The Labute approximate surface area is 131 Å². The molecule has 0 radical (unpaired) electrons. The maximum Gasteiger partial charge on any atom is 0.325 e. The van der Waals surface area contributed by atoms with Gasteiger partial charge in [0.25, 0.3) is 5.91 Å². The highest BCUT2D eigenvalue weighted by Crippen LogP contribution is 2.25. The second-order valence-electron chi connectivity index (χ2n) is 4.53. The molecule has 108 valence electrons. The lowest BCUT2D eigenvalue weighted by atomic mass is 10.2. The SMILES string of the molecule is CSC(C)C1NC(=O)N(Cc2ccc(Cl)cc2Cl)C1=O. The first-order valence-electron chi connectivity index (χ1n) is 6.02. The van der Waals surface area contributed by atoms with Crippen molar-refractivity contribution in [3.63, 3.8) is 0 Å². The Kier molecular flexibility index (Phi) is 4.83. The van der Waals surface area contributed by atoms with Gasteiger partial charge in [0.2, 0.25) is 0 Å². The number of nitrogens with one attached hydrogen (secondary N) is 1. The molecule has 0 spiro atoms. The first-order chi connectivity index (χ1) is 9.43. The number of hydrogen-bond acceptors (Lipinski definition) is 3. The summed E-state index contributed by atoms with van der Waals surface area (Å²) < 4.78 is 0. The number of imide groups is 1. The van der Waals surface area contributed by atoms with E-state index in [4.69, 9.17) is 23.2 Å². The number of hydrogen-bond donors (Lipinski definition) is 1. The van der Waals surface area contributed by atoms with Crippen molar-refractivity contribution in [3.8, 4) is 0 Å². The average Bonchev–Trinajstić information content (AvgIpc) is 2.68. The van der Waals surface area contributed by atoms with Crippen molar-refractivity contribution < 1.29 is 9.59 Å². The molecule has 4 nitrogen and oxygen atoms in total. The van der Waals surface area contributed by atoms with E-state index in [1.165, 1.54) is 16.7 Å². The van der Waals surface area contributed by atoms with Gasteiger partial charge in [-0.1, -0.05) is 36.2 Å². The summed E-state index contributed by atoms with van der Waals surface area (Å²) in [7, 11) is 0. The smallest absolute Gasteiger partial charge is 0.325 e. The summed E-state index contributed by atoms with van der Waals surface area (Å²) in [5, 5.41) is 3.69. The number of amides is 3. The van der Waals surface area contributed by atoms with Crippen LogP contribution in [-0.2, 0) is 11.3 Å². The van der Waals surface area contributed by atoms with E-state index in [1.807, 2.05) is 13.2 Å². The standard InChI is InChI=1S/C13H14Cl2N2O2S/c1-7(20-2)11-12(18)17(13(19)16-11)6-8-3-4-9(14)5-10(8)15/h3-5,7,11H,6H2,1-2H3,(H,16,19). The molecule has 0 saturated carbocycles. The minimum atomic E-state index is -0.483. The fourth-order valence-corrected chi connectivity index (χ4v) is 2.89. The third-order valence-corrected chi connectivity index (χ3v) is 4.84. The van der Waals surface area contributed by atoms with Crippen LogP contribution in [0.1, 0.15) is 12.5 Å². The van der Waals surface area contributed by atoms with E-state index >= 15 is 0 Å². The van der Waals surface area contributed by atoms with Crippen LogP contribution in [0.15, 0.2) is 18.2 Å². The van der Waals surface area contributed by atoms with Gasteiger partial charge in [-0.3, -0.25) is 9.69 Å². The molecule has 0 bridgehead atoms. The molecule has 1 aromatic rings. The van der Waals surface area contributed by atoms with E-state index in [9.17, 15) is 9.59 Å². The predicted octanol–water partition coefficient (Wildman–Crippen LogP) is 3.17. The summed E-state index contributed by atoms with van der Waals surface area (Å²) in [6, 6.07) is 4.13. The Morgan fingerprint density at radius 1 is 1.40 bits per heavy atom. The van der Waals surface area contributed by atoms with E-state index in [1.54, 1.807) is 18.2 Å². The van der Waals surface area contributed by atoms with Crippen LogP contribution in [0.3, 0.4) is 0 Å². The number of benzene rings is 1.